The van der Waals surface area contributed by atoms with Crippen LogP contribution in [0.4, 0.5) is 0 Å². The van der Waals surface area contributed by atoms with Crippen LogP contribution in [0.15, 0.2) is 0 Å². The minimum absolute atomic E-state index is 0.106. The maximum absolute atomic E-state index is 9.34. The van der Waals surface area contributed by atoms with Crippen LogP contribution >= 0.6 is 0 Å². The van der Waals surface area contributed by atoms with E-state index >= 15 is 0 Å². The first-order valence-electron chi connectivity index (χ1n) is 4.37. The van der Waals surface area contributed by atoms with Gasteiger partial charge in [0.05, 0.1) is 6.10 Å². The SMILES string of the molecule is CC(C)OCN(O)CC(C)(C)C. The van der Waals surface area contributed by atoms with Crippen molar-refractivity contribution in [3.8, 4) is 0 Å². The maximum Gasteiger partial charge on any atom is 0.122 e. The van der Waals surface area contributed by atoms with E-state index in [-0.39, 0.29) is 18.2 Å². The van der Waals surface area contributed by atoms with Gasteiger partial charge in [-0.2, -0.15) is 5.06 Å². The summed E-state index contributed by atoms with van der Waals surface area (Å²) in [4.78, 5) is 0. The van der Waals surface area contributed by atoms with E-state index in [4.69, 9.17) is 4.74 Å². The van der Waals surface area contributed by atoms with Crippen LogP contribution in [0, 0.1) is 5.41 Å². The Morgan fingerprint density at radius 3 is 2.17 bits per heavy atom. The number of hydrogen-bond donors (Lipinski definition) is 1. The second-order valence-corrected chi connectivity index (χ2v) is 4.57. The minimum atomic E-state index is 0.106. The molecule has 0 unspecified atom stereocenters. The van der Waals surface area contributed by atoms with Crippen LogP contribution in [0.5, 0.6) is 0 Å². The van der Waals surface area contributed by atoms with Crippen LogP contribution in [0.3, 0.4) is 0 Å². The molecule has 0 aromatic heterocycles. The van der Waals surface area contributed by atoms with E-state index in [9.17, 15) is 5.21 Å². The van der Waals surface area contributed by atoms with Crippen LogP contribution in [0.25, 0.3) is 0 Å². The monoisotopic (exact) mass is 175 g/mol. The van der Waals surface area contributed by atoms with E-state index in [2.05, 4.69) is 20.8 Å². The summed E-state index contributed by atoms with van der Waals surface area (Å²) in [7, 11) is 0. The van der Waals surface area contributed by atoms with Gasteiger partial charge in [-0.15, -0.1) is 0 Å². The fraction of sp³-hybridized carbons (Fsp3) is 1.00. The van der Waals surface area contributed by atoms with Gasteiger partial charge in [0.1, 0.15) is 6.73 Å². The Hall–Kier alpha value is -0.120. The van der Waals surface area contributed by atoms with Crippen molar-refractivity contribution in [1.82, 2.24) is 5.06 Å². The molecule has 0 aliphatic carbocycles. The van der Waals surface area contributed by atoms with E-state index in [1.54, 1.807) is 0 Å². The third-order valence-electron chi connectivity index (χ3n) is 1.21. The van der Waals surface area contributed by atoms with E-state index in [1.165, 1.54) is 5.06 Å². The summed E-state index contributed by atoms with van der Waals surface area (Å²) in [5.74, 6) is 0. The molecule has 74 valence electrons. The molecule has 0 heterocycles. The van der Waals surface area contributed by atoms with E-state index in [0.29, 0.717) is 6.54 Å². The number of rotatable bonds is 4. The van der Waals surface area contributed by atoms with Gasteiger partial charge in [0.25, 0.3) is 0 Å². The fourth-order valence-corrected chi connectivity index (χ4v) is 0.828. The lowest BCUT2D eigenvalue weighted by atomic mass is 9.97. The van der Waals surface area contributed by atoms with Crippen molar-refractivity contribution in [2.75, 3.05) is 13.3 Å². The molecule has 0 bridgehead atoms. The van der Waals surface area contributed by atoms with Gasteiger partial charge in [-0.05, 0) is 19.3 Å². The molecule has 0 aromatic carbocycles. The fourth-order valence-electron chi connectivity index (χ4n) is 0.828. The molecular formula is C9H21NO2. The van der Waals surface area contributed by atoms with Crippen molar-refractivity contribution < 1.29 is 9.94 Å². The highest BCUT2D eigenvalue weighted by atomic mass is 16.6. The molecule has 0 radical (unpaired) electrons. The Labute approximate surface area is 75.3 Å². The molecule has 0 saturated heterocycles. The molecule has 3 nitrogen and oxygen atoms in total. The molecule has 0 aliphatic heterocycles. The topological polar surface area (TPSA) is 32.7 Å². The van der Waals surface area contributed by atoms with Gasteiger partial charge in [-0.25, -0.2) is 0 Å². The summed E-state index contributed by atoms with van der Waals surface area (Å²) in [6.07, 6.45) is 0.166. The van der Waals surface area contributed by atoms with Crippen LogP contribution < -0.4 is 0 Å². The standard InChI is InChI=1S/C9H21NO2/c1-8(2)12-7-10(11)6-9(3,4)5/h8,11H,6-7H2,1-5H3. The second kappa shape index (κ2) is 4.80. The summed E-state index contributed by atoms with van der Waals surface area (Å²) < 4.78 is 5.23. The summed E-state index contributed by atoms with van der Waals surface area (Å²) in [5, 5.41) is 10.6. The highest BCUT2D eigenvalue weighted by molar-refractivity contribution is 4.62. The van der Waals surface area contributed by atoms with Gasteiger partial charge >= 0.3 is 0 Å². The predicted molar refractivity (Wildman–Crippen MR) is 49.0 cm³/mol. The first kappa shape index (κ1) is 11.9. The molecule has 1 N–H and O–H groups in total. The molecule has 0 saturated carbocycles. The van der Waals surface area contributed by atoms with Gasteiger partial charge in [-0.1, -0.05) is 20.8 Å². The van der Waals surface area contributed by atoms with Gasteiger partial charge < -0.3 is 9.94 Å². The quantitative estimate of drug-likeness (QED) is 0.524. The Morgan fingerprint density at radius 2 is 1.83 bits per heavy atom. The molecule has 0 amide bonds. The second-order valence-electron chi connectivity index (χ2n) is 4.57. The first-order chi connectivity index (χ1) is 5.31. The van der Waals surface area contributed by atoms with Crippen molar-refractivity contribution in [1.29, 1.82) is 0 Å². The predicted octanol–water partition coefficient (Wildman–Crippen LogP) is 2.11. The molecule has 3 heteroatoms. The molecule has 0 atom stereocenters. The van der Waals surface area contributed by atoms with E-state index in [0.717, 1.165) is 0 Å². The van der Waals surface area contributed by atoms with Crippen molar-refractivity contribution in [3.63, 3.8) is 0 Å². The van der Waals surface area contributed by atoms with Crippen LogP contribution in [-0.2, 0) is 4.74 Å². The average molecular weight is 175 g/mol. The van der Waals surface area contributed by atoms with Gasteiger partial charge in [-0.3, -0.25) is 0 Å². The molecular weight excluding hydrogens is 154 g/mol. The number of hydroxylamine groups is 2. The Bertz CT molecular complexity index is 118. The number of nitrogens with zero attached hydrogens (tertiary/aromatic N) is 1. The normalized spacial score (nSPS) is 13.0. The summed E-state index contributed by atoms with van der Waals surface area (Å²) in [6.45, 7) is 11.0. The number of ether oxygens (including phenoxy) is 1. The summed E-state index contributed by atoms with van der Waals surface area (Å²) in [6, 6.07) is 0. The van der Waals surface area contributed by atoms with Gasteiger partial charge in [0, 0.05) is 6.54 Å². The zero-order valence-corrected chi connectivity index (χ0v) is 8.79. The van der Waals surface area contributed by atoms with E-state index < -0.39 is 0 Å². The van der Waals surface area contributed by atoms with E-state index in [1.807, 2.05) is 13.8 Å². The third-order valence-corrected chi connectivity index (χ3v) is 1.21. The third kappa shape index (κ3) is 7.98. The number of hydrogen-bond acceptors (Lipinski definition) is 3. The average Bonchev–Trinajstić information content (AvgIpc) is 1.79. The molecule has 12 heavy (non-hydrogen) atoms. The first-order valence-corrected chi connectivity index (χ1v) is 4.37. The Balaban J connectivity index is 3.53. The Kier molecular flexibility index (Phi) is 4.75. The van der Waals surface area contributed by atoms with Crippen LogP contribution in [0.1, 0.15) is 34.6 Å². The lowest BCUT2D eigenvalue weighted by Gasteiger charge is -2.25. The highest BCUT2D eigenvalue weighted by Crippen LogP contribution is 2.13. The van der Waals surface area contributed by atoms with Gasteiger partial charge in [0.2, 0.25) is 0 Å². The van der Waals surface area contributed by atoms with Crippen molar-refractivity contribution in [2.45, 2.75) is 40.7 Å². The summed E-state index contributed by atoms with van der Waals surface area (Å²) in [5.41, 5.74) is 0.106. The molecule has 0 fully saturated rings. The minimum Gasteiger partial charge on any atom is -0.361 e. The molecule has 0 aliphatic rings. The zero-order valence-electron chi connectivity index (χ0n) is 8.79. The molecule has 0 rings (SSSR count). The zero-order chi connectivity index (χ0) is 9.78. The van der Waals surface area contributed by atoms with Crippen LogP contribution in [-0.4, -0.2) is 29.7 Å². The van der Waals surface area contributed by atoms with Gasteiger partial charge in [0.15, 0.2) is 0 Å². The molecule has 0 spiro atoms. The van der Waals surface area contributed by atoms with Crippen LogP contribution in [0.2, 0.25) is 0 Å². The van der Waals surface area contributed by atoms with Crippen molar-refractivity contribution in [2.24, 2.45) is 5.41 Å². The Morgan fingerprint density at radius 1 is 1.33 bits per heavy atom. The van der Waals surface area contributed by atoms with Crippen molar-refractivity contribution >= 4 is 0 Å². The largest absolute Gasteiger partial charge is 0.361 e. The van der Waals surface area contributed by atoms with Crippen molar-refractivity contribution in [3.05, 3.63) is 0 Å². The lowest BCUT2D eigenvalue weighted by molar-refractivity contribution is -0.183. The maximum atomic E-state index is 9.34. The lowest BCUT2D eigenvalue weighted by Crippen LogP contribution is -2.32. The summed E-state index contributed by atoms with van der Waals surface area (Å²) >= 11 is 0. The molecule has 0 aromatic rings. The smallest absolute Gasteiger partial charge is 0.122 e. The highest BCUT2D eigenvalue weighted by Gasteiger charge is 2.14.